The Bertz CT molecular complexity index is 463. The first-order valence-electron chi connectivity index (χ1n) is 7.36. The highest BCUT2D eigenvalue weighted by molar-refractivity contribution is 7.98. The number of alkyl halides is 1. The van der Waals surface area contributed by atoms with Gasteiger partial charge in [-0.15, -0.1) is 22.9 Å². The Morgan fingerprint density at radius 2 is 2.35 bits per heavy atom. The van der Waals surface area contributed by atoms with Crippen molar-refractivity contribution in [3.63, 3.8) is 0 Å². The average Bonchev–Trinajstić information content (AvgIpc) is 2.91. The predicted octanol–water partition coefficient (Wildman–Crippen LogP) is 4.16. The van der Waals surface area contributed by atoms with Gasteiger partial charge in [0.1, 0.15) is 0 Å². The number of thioether (sulfide) groups is 1. The molecule has 5 heteroatoms. The Hall–Kier alpha value is -0.190. The first-order valence-corrected chi connectivity index (χ1v) is 9.86. The third kappa shape index (κ3) is 3.02. The van der Waals surface area contributed by atoms with Crippen molar-refractivity contribution in [3.8, 4) is 0 Å². The van der Waals surface area contributed by atoms with Crippen LogP contribution in [-0.2, 0) is 12.2 Å². The number of carbonyl (C=O) groups is 1. The summed E-state index contributed by atoms with van der Waals surface area (Å²) in [6.07, 6.45) is 5.52. The molecule has 0 bridgehead atoms. The van der Waals surface area contributed by atoms with Crippen molar-refractivity contribution in [2.45, 2.75) is 43.9 Å². The Kier molecular flexibility index (Phi) is 4.95. The molecule has 1 fully saturated rings. The van der Waals surface area contributed by atoms with E-state index in [2.05, 4.69) is 11.0 Å². The number of likely N-dealkylation sites (tertiary alicyclic amines) is 1. The van der Waals surface area contributed by atoms with Crippen molar-refractivity contribution >= 4 is 40.6 Å². The van der Waals surface area contributed by atoms with Gasteiger partial charge in [0.25, 0.3) is 5.91 Å². The Morgan fingerprint density at radius 3 is 3.15 bits per heavy atom. The van der Waals surface area contributed by atoms with Crippen LogP contribution >= 0.6 is 34.7 Å². The number of carbonyl (C=O) groups excluding carboxylic acids is 1. The number of fused-ring (bicyclic) bond motifs is 1. The molecule has 0 aromatic carbocycles. The Balaban J connectivity index is 1.78. The van der Waals surface area contributed by atoms with Crippen LogP contribution in [0.1, 0.15) is 45.8 Å². The number of hydrogen-bond acceptors (Lipinski definition) is 3. The molecule has 110 valence electrons. The van der Waals surface area contributed by atoms with E-state index in [-0.39, 0.29) is 5.91 Å². The molecule has 0 aliphatic carbocycles. The predicted molar refractivity (Wildman–Crippen MR) is 88.2 cm³/mol. The minimum Gasteiger partial charge on any atom is -0.335 e. The summed E-state index contributed by atoms with van der Waals surface area (Å²) in [7, 11) is 0. The summed E-state index contributed by atoms with van der Waals surface area (Å²) in [6.45, 7) is 0.901. The van der Waals surface area contributed by atoms with E-state index in [4.69, 9.17) is 11.6 Å². The minimum atomic E-state index is 0.240. The van der Waals surface area contributed by atoms with Crippen LogP contribution in [0.15, 0.2) is 6.07 Å². The van der Waals surface area contributed by atoms with E-state index in [9.17, 15) is 4.79 Å². The largest absolute Gasteiger partial charge is 0.335 e. The molecule has 0 spiro atoms. The average molecular weight is 330 g/mol. The summed E-state index contributed by atoms with van der Waals surface area (Å²) in [5.74, 6) is 3.15. The van der Waals surface area contributed by atoms with Crippen LogP contribution in [0.2, 0.25) is 0 Å². The van der Waals surface area contributed by atoms with Crippen molar-refractivity contribution < 1.29 is 4.79 Å². The smallest absolute Gasteiger partial charge is 0.264 e. The van der Waals surface area contributed by atoms with E-state index in [0.717, 1.165) is 42.9 Å². The maximum Gasteiger partial charge on any atom is 0.264 e. The molecule has 2 nitrogen and oxygen atoms in total. The lowest BCUT2D eigenvalue weighted by Crippen LogP contribution is -2.43. The third-order valence-corrected chi connectivity index (χ3v) is 6.62. The molecule has 0 N–H and O–H groups in total. The Labute approximate surface area is 133 Å². The fourth-order valence-corrected chi connectivity index (χ4v) is 5.67. The van der Waals surface area contributed by atoms with E-state index in [1.54, 1.807) is 11.3 Å². The molecule has 1 atom stereocenters. The highest BCUT2D eigenvalue weighted by Gasteiger charge is 2.28. The Morgan fingerprint density at radius 1 is 1.45 bits per heavy atom. The molecule has 1 unspecified atom stereocenters. The molecular weight excluding hydrogens is 310 g/mol. The van der Waals surface area contributed by atoms with Gasteiger partial charge in [0.2, 0.25) is 0 Å². The van der Waals surface area contributed by atoms with Crippen LogP contribution < -0.4 is 0 Å². The number of halogens is 1. The van der Waals surface area contributed by atoms with Gasteiger partial charge < -0.3 is 4.90 Å². The second-order valence-electron chi connectivity index (χ2n) is 5.49. The number of nitrogens with zero attached hydrogens (tertiary/aromatic N) is 1. The quantitative estimate of drug-likeness (QED) is 0.776. The van der Waals surface area contributed by atoms with Gasteiger partial charge in [0.05, 0.1) is 4.88 Å². The summed E-state index contributed by atoms with van der Waals surface area (Å²) in [5, 5.41) is 0. The van der Waals surface area contributed by atoms with E-state index in [1.807, 2.05) is 11.8 Å². The first-order chi connectivity index (χ1) is 9.79. The molecule has 2 aliphatic heterocycles. The van der Waals surface area contributed by atoms with Crippen LogP contribution in [0.4, 0.5) is 0 Å². The van der Waals surface area contributed by atoms with E-state index >= 15 is 0 Å². The van der Waals surface area contributed by atoms with E-state index < -0.39 is 0 Å². The number of thiophene rings is 1. The molecule has 20 heavy (non-hydrogen) atoms. The van der Waals surface area contributed by atoms with Gasteiger partial charge in [-0.05, 0) is 49.5 Å². The zero-order valence-corrected chi connectivity index (χ0v) is 14.0. The van der Waals surface area contributed by atoms with Crippen LogP contribution in [0.5, 0.6) is 0 Å². The fourth-order valence-electron chi connectivity index (χ4n) is 3.09. The van der Waals surface area contributed by atoms with Crippen LogP contribution in [0.25, 0.3) is 0 Å². The highest BCUT2D eigenvalue weighted by Crippen LogP contribution is 2.33. The van der Waals surface area contributed by atoms with Gasteiger partial charge in [-0.1, -0.05) is 0 Å². The maximum atomic E-state index is 12.8. The molecule has 0 saturated carbocycles. The van der Waals surface area contributed by atoms with Crippen molar-refractivity contribution in [1.29, 1.82) is 0 Å². The van der Waals surface area contributed by atoms with Gasteiger partial charge in [0.15, 0.2) is 0 Å². The molecule has 3 heterocycles. The monoisotopic (exact) mass is 329 g/mol. The lowest BCUT2D eigenvalue weighted by Gasteiger charge is -2.35. The van der Waals surface area contributed by atoms with Crippen LogP contribution in [0, 0.1) is 0 Å². The lowest BCUT2D eigenvalue weighted by atomic mass is 9.99. The number of amides is 1. The summed E-state index contributed by atoms with van der Waals surface area (Å²) < 4.78 is 0. The van der Waals surface area contributed by atoms with E-state index in [0.29, 0.717) is 11.9 Å². The van der Waals surface area contributed by atoms with Crippen LogP contribution in [0.3, 0.4) is 0 Å². The third-order valence-electron chi connectivity index (χ3n) is 4.17. The molecular formula is C15H20ClNOS2. The molecule has 3 rings (SSSR count). The van der Waals surface area contributed by atoms with Crippen molar-refractivity contribution in [3.05, 3.63) is 21.4 Å². The zero-order valence-electron chi connectivity index (χ0n) is 11.6. The summed E-state index contributed by atoms with van der Waals surface area (Å²) in [4.78, 5) is 17.2. The number of piperidine rings is 1. The normalized spacial score (nSPS) is 22.6. The number of hydrogen-bond donors (Lipinski definition) is 0. The molecule has 1 amide bonds. The second-order valence-corrected chi connectivity index (χ2v) is 8.11. The number of rotatable bonds is 3. The summed E-state index contributed by atoms with van der Waals surface area (Å²) in [5.41, 5.74) is 1.39. The summed E-state index contributed by atoms with van der Waals surface area (Å²) in [6, 6.07) is 2.49. The molecule has 1 aromatic rings. The van der Waals surface area contributed by atoms with Gasteiger partial charge in [-0.25, -0.2) is 0 Å². The summed E-state index contributed by atoms with van der Waals surface area (Å²) >= 11 is 9.59. The van der Waals surface area contributed by atoms with Gasteiger partial charge in [-0.2, -0.15) is 11.8 Å². The van der Waals surface area contributed by atoms with Crippen molar-refractivity contribution in [2.75, 3.05) is 18.2 Å². The highest BCUT2D eigenvalue weighted by atomic mass is 35.5. The lowest BCUT2D eigenvalue weighted by molar-refractivity contribution is 0.0614. The molecule has 0 radical (unpaired) electrons. The van der Waals surface area contributed by atoms with E-state index in [1.165, 1.54) is 22.6 Å². The SMILES string of the molecule is O=C(c1cc2c(s1)CCSC2)N1CCCCC1CCCl. The fraction of sp³-hybridized carbons (Fsp3) is 0.667. The van der Waals surface area contributed by atoms with Crippen molar-refractivity contribution in [2.24, 2.45) is 0 Å². The maximum absolute atomic E-state index is 12.8. The van der Waals surface area contributed by atoms with Gasteiger partial charge in [-0.3, -0.25) is 4.79 Å². The molecule has 1 aromatic heterocycles. The molecule has 1 saturated heterocycles. The van der Waals surface area contributed by atoms with Gasteiger partial charge >= 0.3 is 0 Å². The number of aryl methyl sites for hydroxylation is 1. The molecule has 2 aliphatic rings. The second kappa shape index (κ2) is 6.71. The van der Waals surface area contributed by atoms with Crippen molar-refractivity contribution in [1.82, 2.24) is 4.90 Å². The topological polar surface area (TPSA) is 20.3 Å². The minimum absolute atomic E-state index is 0.240. The first kappa shape index (κ1) is 14.7. The van der Waals surface area contributed by atoms with Crippen LogP contribution in [-0.4, -0.2) is 35.0 Å². The standard InChI is InChI=1S/C15H20ClNOS2/c16-6-4-12-3-1-2-7-17(12)15(18)14-9-11-10-19-8-5-13(11)20-14/h9,12H,1-8,10H2. The zero-order chi connectivity index (χ0) is 13.9. The van der Waals surface area contributed by atoms with Gasteiger partial charge in [0, 0.05) is 29.1 Å².